The molecule has 0 aromatic heterocycles. The summed E-state index contributed by atoms with van der Waals surface area (Å²) in [5.41, 5.74) is 1.74. The Morgan fingerprint density at radius 3 is 1.67 bits per heavy atom. The van der Waals surface area contributed by atoms with Gasteiger partial charge in [-0.15, -0.1) is 11.6 Å². The summed E-state index contributed by atoms with van der Waals surface area (Å²) in [6, 6.07) is 4.80. The van der Waals surface area contributed by atoms with Crippen LogP contribution < -0.4 is 0 Å². The summed E-state index contributed by atoms with van der Waals surface area (Å²) < 4.78 is 24.4. The first-order valence-corrected chi connectivity index (χ1v) is 4.13. The van der Waals surface area contributed by atoms with Crippen LogP contribution in [0.1, 0.15) is 16.7 Å². The molecule has 0 atom stereocenters. The molecule has 1 aromatic carbocycles. The Kier molecular flexibility index (Phi) is 3.48. The second-order valence-corrected chi connectivity index (χ2v) is 2.83. The molecule has 0 saturated carbocycles. The fourth-order valence-electron chi connectivity index (χ4n) is 1.07. The molecular weight excluding hydrogens is 182 g/mol. The SMILES string of the molecule is FCc1cc(CF)cc(CCl)c1. The summed E-state index contributed by atoms with van der Waals surface area (Å²) in [5.74, 6) is 0.292. The highest BCUT2D eigenvalue weighted by Crippen LogP contribution is 2.14. The third kappa shape index (κ3) is 2.18. The number of hydrogen-bond donors (Lipinski definition) is 0. The standard InChI is InChI=1S/C9H9ClF2/c10-4-7-1-8(5-11)3-9(2-7)6-12/h1-3H,4-6H2. The Balaban J connectivity index is 3.01. The van der Waals surface area contributed by atoms with E-state index in [0.717, 1.165) is 5.56 Å². The molecule has 66 valence electrons. The van der Waals surface area contributed by atoms with E-state index < -0.39 is 13.3 Å². The molecule has 0 aliphatic carbocycles. The average molecular weight is 191 g/mol. The lowest BCUT2D eigenvalue weighted by Gasteiger charge is -2.02. The molecule has 0 fully saturated rings. The van der Waals surface area contributed by atoms with Gasteiger partial charge < -0.3 is 0 Å². The van der Waals surface area contributed by atoms with Gasteiger partial charge >= 0.3 is 0 Å². The van der Waals surface area contributed by atoms with Gasteiger partial charge in [0.1, 0.15) is 13.3 Å². The Bertz CT molecular complexity index is 205. The van der Waals surface area contributed by atoms with Gasteiger partial charge in [0, 0.05) is 5.88 Å². The lowest BCUT2D eigenvalue weighted by Crippen LogP contribution is -1.88. The van der Waals surface area contributed by atoms with E-state index >= 15 is 0 Å². The lowest BCUT2D eigenvalue weighted by molar-refractivity contribution is 0.474. The molecule has 0 amide bonds. The zero-order valence-electron chi connectivity index (χ0n) is 6.49. The number of alkyl halides is 3. The Labute approximate surface area is 75.2 Å². The Hall–Kier alpha value is -0.630. The smallest absolute Gasteiger partial charge is 0.115 e. The molecule has 12 heavy (non-hydrogen) atoms. The van der Waals surface area contributed by atoms with Crippen molar-refractivity contribution in [2.75, 3.05) is 0 Å². The maximum atomic E-state index is 12.2. The van der Waals surface area contributed by atoms with Crippen LogP contribution in [0, 0.1) is 0 Å². The highest BCUT2D eigenvalue weighted by Gasteiger charge is 1.99. The summed E-state index contributed by atoms with van der Waals surface area (Å²) in [6.45, 7) is -1.14. The number of halogens is 3. The van der Waals surface area contributed by atoms with Crippen molar-refractivity contribution < 1.29 is 8.78 Å². The van der Waals surface area contributed by atoms with Crippen molar-refractivity contribution >= 4 is 11.6 Å². The van der Waals surface area contributed by atoms with Crippen molar-refractivity contribution in [1.29, 1.82) is 0 Å². The van der Waals surface area contributed by atoms with Gasteiger partial charge in [-0.2, -0.15) is 0 Å². The van der Waals surface area contributed by atoms with Crippen LogP contribution in [-0.2, 0) is 19.2 Å². The van der Waals surface area contributed by atoms with Crippen molar-refractivity contribution in [3.8, 4) is 0 Å². The van der Waals surface area contributed by atoms with Crippen LogP contribution in [0.3, 0.4) is 0 Å². The van der Waals surface area contributed by atoms with E-state index in [4.69, 9.17) is 11.6 Å². The predicted octanol–water partition coefficient (Wildman–Crippen LogP) is 3.36. The van der Waals surface area contributed by atoms with E-state index in [2.05, 4.69) is 0 Å². The zero-order chi connectivity index (χ0) is 8.97. The maximum Gasteiger partial charge on any atom is 0.115 e. The molecule has 3 heteroatoms. The van der Waals surface area contributed by atoms with Gasteiger partial charge in [-0.3, -0.25) is 0 Å². The second-order valence-electron chi connectivity index (χ2n) is 2.56. The first kappa shape index (κ1) is 9.46. The van der Waals surface area contributed by atoms with E-state index in [9.17, 15) is 8.78 Å². The third-order valence-electron chi connectivity index (χ3n) is 1.58. The van der Waals surface area contributed by atoms with Crippen LogP contribution in [-0.4, -0.2) is 0 Å². The average Bonchev–Trinajstić information content (AvgIpc) is 2.16. The van der Waals surface area contributed by atoms with Crippen LogP contribution in [0.4, 0.5) is 8.78 Å². The van der Waals surface area contributed by atoms with Crippen LogP contribution in [0.2, 0.25) is 0 Å². The fraction of sp³-hybridized carbons (Fsp3) is 0.333. The molecule has 0 unspecified atom stereocenters. The van der Waals surface area contributed by atoms with Crippen LogP contribution in [0.25, 0.3) is 0 Å². The van der Waals surface area contributed by atoms with E-state index in [1.54, 1.807) is 12.1 Å². The van der Waals surface area contributed by atoms with E-state index in [1.807, 2.05) is 0 Å². The quantitative estimate of drug-likeness (QED) is 0.642. The Morgan fingerprint density at radius 2 is 1.33 bits per heavy atom. The maximum absolute atomic E-state index is 12.2. The first-order chi connectivity index (χ1) is 5.80. The molecule has 0 saturated heterocycles. The molecule has 0 nitrogen and oxygen atoms in total. The molecule has 0 heterocycles. The molecule has 1 aromatic rings. The van der Waals surface area contributed by atoms with Crippen molar-refractivity contribution in [3.05, 3.63) is 34.9 Å². The monoisotopic (exact) mass is 190 g/mol. The van der Waals surface area contributed by atoms with Gasteiger partial charge in [0.05, 0.1) is 0 Å². The first-order valence-electron chi connectivity index (χ1n) is 3.59. The fourth-order valence-corrected chi connectivity index (χ4v) is 1.23. The van der Waals surface area contributed by atoms with Gasteiger partial charge in [-0.25, -0.2) is 8.78 Å². The largest absolute Gasteiger partial charge is 0.246 e. The van der Waals surface area contributed by atoms with Gasteiger partial charge in [-0.1, -0.05) is 18.2 Å². The molecule has 0 aliphatic rings. The molecule has 0 spiro atoms. The minimum Gasteiger partial charge on any atom is -0.246 e. The number of rotatable bonds is 3. The molecular formula is C9H9ClF2. The predicted molar refractivity (Wildman–Crippen MR) is 45.6 cm³/mol. The van der Waals surface area contributed by atoms with E-state index in [0.29, 0.717) is 17.0 Å². The van der Waals surface area contributed by atoms with Gasteiger partial charge in [0.25, 0.3) is 0 Å². The number of benzene rings is 1. The van der Waals surface area contributed by atoms with Gasteiger partial charge in [-0.05, 0) is 16.7 Å². The van der Waals surface area contributed by atoms with Gasteiger partial charge in [0.2, 0.25) is 0 Å². The van der Waals surface area contributed by atoms with Crippen LogP contribution in [0.5, 0.6) is 0 Å². The molecule has 0 N–H and O–H groups in total. The van der Waals surface area contributed by atoms with Crippen LogP contribution in [0.15, 0.2) is 18.2 Å². The van der Waals surface area contributed by atoms with Crippen molar-refractivity contribution in [3.63, 3.8) is 0 Å². The van der Waals surface area contributed by atoms with Crippen molar-refractivity contribution in [1.82, 2.24) is 0 Å². The summed E-state index contributed by atoms with van der Waals surface area (Å²) in [4.78, 5) is 0. The van der Waals surface area contributed by atoms with Crippen LogP contribution >= 0.6 is 11.6 Å². The zero-order valence-corrected chi connectivity index (χ0v) is 7.24. The van der Waals surface area contributed by atoms with Gasteiger partial charge in [0.15, 0.2) is 0 Å². The highest BCUT2D eigenvalue weighted by atomic mass is 35.5. The van der Waals surface area contributed by atoms with E-state index in [1.165, 1.54) is 6.07 Å². The normalized spacial score (nSPS) is 10.2. The minimum absolute atomic E-state index is 0.292. The lowest BCUT2D eigenvalue weighted by atomic mass is 10.1. The van der Waals surface area contributed by atoms with Crippen molar-refractivity contribution in [2.45, 2.75) is 19.2 Å². The molecule has 0 aliphatic heterocycles. The summed E-state index contributed by atoms with van der Waals surface area (Å²) in [5, 5.41) is 0. The van der Waals surface area contributed by atoms with Crippen molar-refractivity contribution in [2.24, 2.45) is 0 Å². The molecule has 0 radical (unpaired) electrons. The molecule has 1 rings (SSSR count). The highest BCUT2D eigenvalue weighted by molar-refractivity contribution is 6.17. The minimum atomic E-state index is -0.572. The topological polar surface area (TPSA) is 0 Å². The Morgan fingerprint density at radius 1 is 0.917 bits per heavy atom. The summed E-state index contributed by atoms with van der Waals surface area (Å²) in [6.07, 6.45) is 0. The van der Waals surface area contributed by atoms with E-state index in [-0.39, 0.29) is 0 Å². The second kappa shape index (κ2) is 4.41. The molecule has 0 bridgehead atoms. The number of hydrogen-bond acceptors (Lipinski definition) is 0. The summed E-state index contributed by atoms with van der Waals surface area (Å²) >= 11 is 5.54. The summed E-state index contributed by atoms with van der Waals surface area (Å²) in [7, 11) is 0. The third-order valence-corrected chi connectivity index (χ3v) is 1.88.